The third-order valence-electron chi connectivity index (χ3n) is 3.65. The zero-order valence-electron chi connectivity index (χ0n) is 7.23. The van der Waals surface area contributed by atoms with Crippen LogP contribution >= 0.6 is 0 Å². The van der Waals surface area contributed by atoms with Gasteiger partial charge in [-0.2, -0.15) is 0 Å². The number of esters is 1. The van der Waals surface area contributed by atoms with Crippen molar-refractivity contribution in [1.29, 1.82) is 0 Å². The number of aliphatic hydroxyl groups excluding tert-OH is 1. The third kappa shape index (κ3) is 0.758. The Kier molecular flexibility index (Phi) is 1.34. The van der Waals surface area contributed by atoms with Gasteiger partial charge in [-0.05, 0) is 12.8 Å². The SMILES string of the molecule is O=C1OC[C@H]2[C@@H]3CC[C@@](CO)(O3)[C@@H]12. The van der Waals surface area contributed by atoms with Gasteiger partial charge in [0, 0.05) is 5.92 Å². The van der Waals surface area contributed by atoms with Crippen LogP contribution < -0.4 is 0 Å². The lowest BCUT2D eigenvalue weighted by molar-refractivity contribution is -0.150. The average Bonchev–Trinajstić information content (AvgIpc) is 2.76. The monoisotopic (exact) mass is 184 g/mol. The van der Waals surface area contributed by atoms with Gasteiger partial charge < -0.3 is 14.6 Å². The number of fused-ring (bicyclic) bond motifs is 5. The molecule has 3 fully saturated rings. The second-order valence-electron chi connectivity index (χ2n) is 4.19. The molecule has 0 aromatic heterocycles. The van der Waals surface area contributed by atoms with Gasteiger partial charge in [-0.15, -0.1) is 0 Å². The van der Waals surface area contributed by atoms with Crippen molar-refractivity contribution in [2.75, 3.05) is 13.2 Å². The van der Waals surface area contributed by atoms with E-state index in [1.165, 1.54) is 0 Å². The molecule has 3 heterocycles. The summed E-state index contributed by atoms with van der Waals surface area (Å²) in [6.45, 7) is 0.426. The summed E-state index contributed by atoms with van der Waals surface area (Å²) in [4.78, 5) is 11.4. The molecule has 3 rings (SSSR count). The standard InChI is InChI=1S/C9H12O4/c10-4-9-2-1-6(13-9)5-3-12-8(11)7(5)9/h5-7,10H,1-4H2/t5-,6-,7+,9-/m0/s1. The average molecular weight is 184 g/mol. The highest BCUT2D eigenvalue weighted by Gasteiger charge is 2.65. The number of aliphatic hydroxyl groups is 1. The van der Waals surface area contributed by atoms with E-state index in [1.54, 1.807) is 0 Å². The summed E-state index contributed by atoms with van der Waals surface area (Å²) in [5.41, 5.74) is -0.594. The second-order valence-corrected chi connectivity index (χ2v) is 4.19. The predicted molar refractivity (Wildman–Crippen MR) is 41.9 cm³/mol. The highest BCUT2D eigenvalue weighted by atomic mass is 16.6. The molecular weight excluding hydrogens is 172 g/mol. The first-order chi connectivity index (χ1) is 6.27. The van der Waals surface area contributed by atoms with Gasteiger partial charge in [0.1, 0.15) is 5.60 Å². The number of hydrogen-bond acceptors (Lipinski definition) is 4. The minimum atomic E-state index is -0.594. The zero-order valence-corrected chi connectivity index (χ0v) is 7.23. The molecule has 4 nitrogen and oxygen atoms in total. The van der Waals surface area contributed by atoms with Crippen molar-refractivity contribution in [1.82, 2.24) is 0 Å². The molecule has 3 aliphatic heterocycles. The fourth-order valence-electron chi connectivity index (χ4n) is 3.02. The summed E-state index contributed by atoms with van der Waals surface area (Å²) < 4.78 is 10.7. The Morgan fingerprint density at radius 1 is 1.62 bits per heavy atom. The highest BCUT2D eigenvalue weighted by Crippen LogP contribution is 2.53. The van der Waals surface area contributed by atoms with Gasteiger partial charge in [-0.1, -0.05) is 0 Å². The van der Waals surface area contributed by atoms with Crippen molar-refractivity contribution in [2.45, 2.75) is 24.5 Å². The lowest BCUT2D eigenvalue weighted by atomic mass is 9.73. The van der Waals surface area contributed by atoms with Gasteiger partial charge in [0.25, 0.3) is 0 Å². The maximum atomic E-state index is 11.4. The fraction of sp³-hybridized carbons (Fsp3) is 0.889. The normalized spacial score (nSPS) is 52.4. The van der Waals surface area contributed by atoms with Crippen LogP contribution in [0.4, 0.5) is 0 Å². The van der Waals surface area contributed by atoms with Crippen LogP contribution in [-0.4, -0.2) is 36.0 Å². The maximum absolute atomic E-state index is 11.4. The van der Waals surface area contributed by atoms with E-state index in [0.717, 1.165) is 12.8 Å². The lowest BCUT2D eigenvalue weighted by Gasteiger charge is -2.27. The molecule has 0 aromatic carbocycles. The van der Waals surface area contributed by atoms with E-state index in [4.69, 9.17) is 9.47 Å². The summed E-state index contributed by atoms with van der Waals surface area (Å²) >= 11 is 0. The van der Waals surface area contributed by atoms with E-state index in [0.29, 0.717) is 6.61 Å². The maximum Gasteiger partial charge on any atom is 0.312 e. The fourth-order valence-corrected chi connectivity index (χ4v) is 3.02. The van der Waals surface area contributed by atoms with Crippen molar-refractivity contribution in [3.05, 3.63) is 0 Å². The molecule has 0 saturated carbocycles. The number of carbonyl (C=O) groups excluding carboxylic acids is 1. The molecule has 0 unspecified atom stereocenters. The molecule has 0 aliphatic carbocycles. The minimum absolute atomic E-state index is 0.0558. The van der Waals surface area contributed by atoms with Crippen LogP contribution in [0.1, 0.15) is 12.8 Å². The topological polar surface area (TPSA) is 55.8 Å². The Balaban J connectivity index is 2.00. The minimum Gasteiger partial charge on any atom is -0.465 e. The molecule has 3 saturated heterocycles. The number of rotatable bonds is 1. The van der Waals surface area contributed by atoms with Crippen LogP contribution in [0.3, 0.4) is 0 Å². The van der Waals surface area contributed by atoms with Crippen LogP contribution in [0.25, 0.3) is 0 Å². The van der Waals surface area contributed by atoms with Gasteiger partial charge in [0.15, 0.2) is 0 Å². The number of hydrogen-bond donors (Lipinski definition) is 1. The molecule has 0 spiro atoms. The summed E-state index contributed by atoms with van der Waals surface area (Å²) in [7, 11) is 0. The predicted octanol–water partition coefficient (Wildman–Crippen LogP) is -0.301. The first-order valence-corrected chi connectivity index (χ1v) is 4.72. The van der Waals surface area contributed by atoms with Crippen LogP contribution in [0, 0.1) is 11.8 Å². The van der Waals surface area contributed by atoms with Crippen LogP contribution in [0.15, 0.2) is 0 Å². The van der Waals surface area contributed by atoms with Gasteiger partial charge in [-0.3, -0.25) is 4.79 Å². The van der Waals surface area contributed by atoms with Crippen molar-refractivity contribution in [3.63, 3.8) is 0 Å². The van der Waals surface area contributed by atoms with Gasteiger partial charge >= 0.3 is 5.97 Å². The molecule has 4 heteroatoms. The Hall–Kier alpha value is -0.610. The van der Waals surface area contributed by atoms with Crippen molar-refractivity contribution in [3.8, 4) is 0 Å². The molecule has 0 aromatic rings. The largest absolute Gasteiger partial charge is 0.465 e. The third-order valence-corrected chi connectivity index (χ3v) is 3.65. The highest BCUT2D eigenvalue weighted by molar-refractivity contribution is 5.77. The quantitative estimate of drug-likeness (QED) is 0.568. The van der Waals surface area contributed by atoms with Crippen LogP contribution in [-0.2, 0) is 14.3 Å². The van der Waals surface area contributed by atoms with Crippen molar-refractivity contribution < 1.29 is 19.4 Å². The number of cyclic esters (lactones) is 1. The molecule has 3 aliphatic rings. The summed E-state index contributed by atoms with van der Waals surface area (Å²) in [6, 6.07) is 0. The number of ether oxygens (including phenoxy) is 2. The Labute approximate surface area is 75.8 Å². The van der Waals surface area contributed by atoms with Crippen LogP contribution in [0.5, 0.6) is 0 Å². The Morgan fingerprint density at radius 2 is 2.46 bits per heavy atom. The first kappa shape index (κ1) is 7.76. The van der Waals surface area contributed by atoms with Gasteiger partial charge in [0.2, 0.25) is 0 Å². The molecule has 13 heavy (non-hydrogen) atoms. The van der Waals surface area contributed by atoms with E-state index < -0.39 is 5.60 Å². The van der Waals surface area contributed by atoms with Gasteiger partial charge in [-0.25, -0.2) is 0 Å². The summed E-state index contributed by atoms with van der Waals surface area (Å²) in [5, 5.41) is 9.28. The Bertz CT molecular complexity index is 264. The zero-order chi connectivity index (χ0) is 9.05. The molecule has 1 N–H and O–H groups in total. The van der Waals surface area contributed by atoms with E-state index in [-0.39, 0.29) is 30.5 Å². The molecule has 0 amide bonds. The van der Waals surface area contributed by atoms with E-state index in [2.05, 4.69) is 0 Å². The molecule has 72 valence electrons. The lowest BCUT2D eigenvalue weighted by Crippen LogP contribution is -2.42. The van der Waals surface area contributed by atoms with Gasteiger partial charge in [0.05, 0.1) is 25.2 Å². The summed E-state index contributed by atoms with van der Waals surface area (Å²) in [5.74, 6) is -0.175. The molecule has 0 radical (unpaired) electrons. The first-order valence-electron chi connectivity index (χ1n) is 4.72. The van der Waals surface area contributed by atoms with E-state index in [9.17, 15) is 9.90 Å². The van der Waals surface area contributed by atoms with Crippen molar-refractivity contribution in [2.24, 2.45) is 11.8 Å². The summed E-state index contributed by atoms with van der Waals surface area (Å²) in [6.07, 6.45) is 1.89. The number of carbonyl (C=O) groups is 1. The molecular formula is C9H12O4. The van der Waals surface area contributed by atoms with E-state index in [1.807, 2.05) is 0 Å². The second kappa shape index (κ2) is 2.25. The molecule has 2 bridgehead atoms. The Morgan fingerprint density at radius 3 is 3.23 bits per heavy atom. The van der Waals surface area contributed by atoms with Crippen molar-refractivity contribution >= 4 is 5.97 Å². The molecule has 4 atom stereocenters. The van der Waals surface area contributed by atoms with Crippen LogP contribution in [0.2, 0.25) is 0 Å². The van der Waals surface area contributed by atoms with E-state index >= 15 is 0 Å². The smallest absolute Gasteiger partial charge is 0.312 e.